The van der Waals surface area contributed by atoms with Crippen LogP contribution in [0.15, 0.2) is 36.9 Å². The van der Waals surface area contributed by atoms with E-state index in [-0.39, 0.29) is 5.91 Å². The summed E-state index contributed by atoms with van der Waals surface area (Å²) in [7, 11) is 0. The summed E-state index contributed by atoms with van der Waals surface area (Å²) in [5.41, 5.74) is 2.08. The minimum atomic E-state index is -0.170. The summed E-state index contributed by atoms with van der Waals surface area (Å²) in [6.45, 7) is 7.75. The quantitative estimate of drug-likeness (QED) is 0.747. The van der Waals surface area contributed by atoms with Crippen molar-refractivity contribution >= 4 is 11.6 Å². The van der Waals surface area contributed by atoms with E-state index in [0.717, 1.165) is 12.1 Å². The van der Waals surface area contributed by atoms with E-state index < -0.39 is 0 Å². The second-order valence-corrected chi connectivity index (χ2v) is 3.63. The van der Waals surface area contributed by atoms with Gasteiger partial charge in [0.2, 0.25) is 5.91 Å². The number of amides is 1. The highest BCUT2D eigenvalue weighted by molar-refractivity contribution is 5.98. The molecule has 2 nitrogen and oxygen atoms in total. The third kappa shape index (κ3) is 3.24. The predicted molar refractivity (Wildman–Crippen MR) is 64.0 cm³/mol. The van der Waals surface area contributed by atoms with Crippen LogP contribution in [-0.4, -0.2) is 5.91 Å². The molecule has 0 aromatic heterocycles. The van der Waals surface area contributed by atoms with Gasteiger partial charge < -0.3 is 5.32 Å². The van der Waals surface area contributed by atoms with E-state index >= 15 is 0 Å². The fourth-order valence-electron chi connectivity index (χ4n) is 1.35. The average molecular weight is 203 g/mol. The lowest BCUT2D eigenvalue weighted by atomic mass is 9.98. The Labute approximate surface area is 91.0 Å². The van der Waals surface area contributed by atoms with E-state index in [1.807, 2.05) is 18.2 Å². The Hall–Kier alpha value is -1.57. The molecular formula is C13H17NO. The molecule has 1 N–H and O–H groups in total. The van der Waals surface area contributed by atoms with Crippen LogP contribution in [0.1, 0.15) is 31.7 Å². The van der Waals surface area contributed by atoms with Gasteiger partial charge in [-0.1, -0.05) is 32.6 Å². The summed E-state index contributed by atoms with van der Waals surface area (Å²) in [6.07, 6.45) is 2.37. The Bertz CT molecular complexity index is 357. The first-order valence-corrected chi connectivity index (χ1v) is 5.20. The van der Waals surface area contributed by atoms with Crippen LogP contribution in [-0.2, 0) is 4.79 Å². The lowest BCUT2D eigenvalue weighted by molar-refractivity contribution is -0.111. The number of hydrogen-bond donors (Lipinski definition) is 1. The fourth-order valence-corrected chi connectivity index (χ4v) is 1.35. The molecule has 0 spiro atoms. The van der Waals surface area contributed by atoms with Crippen LogP contribution in [0.2, 0.25) is 0 Å². The molecule has 15 heavy (non-hydrogen) atoms. The molecule has 0 fully saturated rings. The normalized spacial score (nSPS) is 11.9. The topological polar surface area (TPSA) is 29.1 Å². The average Bonchev–Trinajstić information content (AvgIpc) is 2.28. The molecule has 80 valence electrons. The van der Waals surface area contributed by atoms with E-state index in [1.165, 1.54) is 11.6 Å². The van der Waals surface area contributed by atoms with Crippen molar-refractivity contribution in [1.29, 1.82) is 0 Å². The van der Waals surface area contributed by atoms with Crippen molar-refractivity contribution < 1.29 is 4.79 Å². The predicted octanol–water partition coefficient (Wildman–Crippen LogP) is 3.32. The van der Waals surface area contributed by atoms with Crippen molar-refractivity contribution in [2.45, 2.75) is 26.2 Å². The highest BCUT2D eigenvalue weighted by Crippen LogP contribution is 2.21. The highest BCUT2D eigenvalue weighted by atomic mass is 16.1. The molecule has 0 aliphatic rings. The van der Waals surface area contributed by atoms with Gasteiger partial charge in [0.25, 0.3) is 0 Å². The maximum absolute atomic E-state index is 11.1. The van der Waals surface area contributed by atoms with Gasteiger partial charge >= 0.3 is 0 Å². The minimum absolute atomic E-state index is 0.170. The van der Waals surface area contributed by atoms with E-state index in [1.54, 1.807) is 0 Å². The molecule has 0 saturated heterocycles. The van der Waals surface area contributed by atoms with Gasteiger partial charge in [-0.25, -0.2) is 0 Å². The zero-order valence-corrected chi connectivity index (χ0v) is 9.29. The monoisotopic (exact) mass is 203 g/mol. The summed E-state index contributed by atoms with van der Waals surface area (Å²) in [6, 6.07) is 7.93. The second-order valence-electron chi connectivity index (χ2n) is 3.63. The maximum atomic E-state index is 11.1. The highest BCUT2D eigenvalue weighted by Gasteiger charge is 2.04. The molecule has 1 unspecified atom stereocenters. The molecule has 0 saturated carbocycles. The molecule has 0 radical (unpaired) electrons. The number of nitrogens with one attached hydrogen (secondary N) is 1. The molecule has 0 bridgehead atoms. The van der Waals surface area contributed by atoms with Crippen LogP contribution >= 0.6 is 0 Å². The molecule has 1 aromatic rings. The second kappa shape index (κ2) is 5.35. The number of anilines is 1. The van der Waals surface area contributed by atoms with Crippen LogP contribution in [0.25, 0.3) is 0 Å². The third-order valence-electron chi connectivity index (χ3n) is 2.52. The molecule has 1 aromatic carbocycles. The smallest absolute Gasteiger partial charge is 0.247 e. The molecule has 0 heterocycles. The van der Waals surface area contributed by atoms with Crippen molar-refractivity contribution in [3.8, 4) is 0 Å². The van der Waals surface area contributed by atoms with E-state index in [4.69, 9.17) is 0 Å². The largest absolute Gasteiger partial charge is 0.323 e. The molecular weight excluding hydrogens is 186 g/mol. The minimum Gasteiger partial charge on any atom is -0.323 e. The van der Waals surface area contributed by atoms with Crippen LogP contribution in [0.4, 0.5) is 5.69 Å². The van der Waals surface area contributed by atoms with Crippen molar-refractivity contribution in [2.24, 2.45) is 0 Å². The van der Waals surface area contributed by atoms with Gasteiger partial charge in [-0.3, -0.25) is 4.79 Å². The van der Waals surface area contributed by atoms with Gasteiger partial charge in [0.15, 0.2) is 0 Å². The Morgan fingerprint density at radius 1 is 1.60 bits per heavy atom. The van der Waals surface area contributed by atoms with Gasteiger partial charge in [0.05, 0.1) is 0 Å². The van der Waals surface area contributed by atoms with Gasteiger partial charge in [0.1, 0.15) is 0 Å². The zero-order chi connectivity index (χ0) is 11.3. The molecule has 2 heteroatoms. The Morgan fingerprint density at radius 3 is 2.93 bits per heavy atom. The molecule has 0 aliphatic heterocycles. The lowest BCUT2D eigenvalue weighted by Crippen LogP contribution is -2.07. The van der Waals surface area contributed by atoms with Gasteiger partial charge in [-0.05, 0) is 36.1 Å². The Balaban J connectivity index is 2.82. The van der Waals surface area contributed by atoms with Crippen LogP contribution in [0.3, 0.4) is 0 Å². The summed E-state index contributed by atoms with van der Waals surface area (Å²) < 4.78 is 0. The van der Waals surface area contributed by atoms with Crippen LogP contribution in [0.5, 0.6) is 0 Å². The van der Waals surface area contributed by atoms with Gasteiger partial charge in [-0.2, -0.15) is 0 Å². The third-order valence-corrected chi connectivity index (χ3v) is 2.52. The first-order chi connectivity index (χ1) is 7.17. The standard InChI is InChI=1S/C13H17NO/c1-4-10(3)11-7-6-8-12(9-11)14-13(15)5-2/h5-10H,2,4H2,1,3H3,(H,14,15). The van der Waals surface area contributed by atoms with Gasteiger partial charge in [0, 0.05) is 5.69 Å². The maximum Gasteiger partial charge on any atom is 0.247 e. The van der Waals surface area contributed by atoms with E-state index in [0.29, 0.717) is 5.92 Å². The summed E-state index contributed by atoms with van der Waals surface area (Å²) in [5.74, 6) is 0.349. The number of hydrogen-bond acceptors (Lipinski definition) is 1. The first kappa shape index (κ1) is 11.5. The Morgan fingerprint density at radius 2 is 2.33 bits per heavy atom. The number of rotatable bonds is 4. The lowest BCUT2D eigenvalue weighted by Gasteiger charge is -2.10. The Kier molecular flexibility index (Phi) is 4.10. The van der Waals surface area contributed by atoms with Crippen molar-refractivity contribution in [3.05, 3.63) is 42.5 Å². The number of benzene rings is 1. The van der Waals surface area contributed by atoms with E-state index in [9.17, 15) is 4.79 Å². The zero-order valence-electron chi connectivity index (χ0n) is 9.29. The summed E-state index contributed by atoms with van der Waals surface area (Å²) in [5, 5.41) is 2.75. The summed E-state index contributed by atoms with van der Waals surface area (Å²) in [4.78, 5) is 11.1. The number of carbonyl (C=O) groups excluding carboxylic acids is 1. The van der Waals surface area contributed by atoms with Crippen molar-refractivity contribution in [1.82, 2.24) is 0 Å². The SMILES string of the molecule is C=CC(=O)Nc1cccc(C(C)CC)c1. The number of carbonyl (C=O) groups is 1. The summed E-state index contributed by atoms with van der Waals surface area (Å²) >= 11 is 0. The molecule has 1 rings (SSSR count). The van der Waals surface area contributed by atoms with Crippen molar-refractivity contribution in [3.63, 3.8) is 0 Å². The molecule has 0 aliphatic carbocycles. The van der Waals surface area contributed by atoms with Crippen LogP contribution < -0.4 is 5.32 Å². The van der Waals surface area contributed by atoms with Gasteiger partial charge in [-0.15, -0.1) is 0 Å². The first-order valence-electron chi connectivity index (χ1n) is 5.20. The fraction of sp³-hybridized carbons (Fsp3) is 0.308. The molecule has 1 amide bonds. The van der Waals surface area contributed by atoms with Crippen molar-refractivity contribution in [2.75, 3.05) is 5.32 Å². The van der Waals surface area contributed by atoms with E-state index in [2.05, 4.69) is 31.8 Å². The van der Waals surface area contributed by atoms with Crippen LogP contribution in [0, 0.1) is 0 Å². The molecule has 1 atom stereocenters.